The summed E-state index contributed by atoms with van der Waals surface area (Å²) in [6, 6.07) is 21.0. The van der Waals surface area contributed by atoms with Gasteiger partial charge in [0.05, 0.1) is 19.6 Å². The lowest BCUT2D eigenvalue weighted by molar-refractivity contribution is -0.131. The first kappa shape index (κ1) is 27.8. The van der Waals surface area contributed by atoms with Crippen LogP contribution < -0.4 is 20.0 Å². The van der Waals surface area contributed by atoms with Gasteiger partial charge < -0.3 is 23.7 Å². The second kappa shape index (κ2) is 12.1. The molecule has 39 heavy (non-hydrogen) atoms. The molecule has 1 aromatic heterocycles. The Morgan fingerprint density at radius 3 is 2.10 bits per heavy atom. The zero-order valence-corrected chi connectivity index (χ0v) is 23.5. The number of carbonyl (C=O) groups is 1. The van der Waals surface area contributed by atoms with E-state index in [1.807, 2.05) is 98.4 Å². The van der Waals surface area contributed by atoms with Crippen LogP contribution in [-0.2, 0) is 4.79 Å². The highest BCUT2D eigenvalue weighted by Crippen LogP contribution is 2.46. The quantitative estimate of drug-likeness (QED) is 0.238. The Balaban J connectivity index is 2.06. The molecule has 0 aliphatic carbocycles. The fraction of sp³-hybridized carbons (Fsp3) is 0.312. The predicted molar refractivity (Wildman–Crippen MR) is 156 cm³/mol. The van der Waals surface area contributed by atoms with Crippen LogP contribution in [0.25, 0.3) is 22.1 Å². The van der Waals surface area contributed by atoms with Crippen LogP contribution in [0.4, 0.5) is 5.69 Å². The summed E-state index contributed by atoms with van der Waals surface area (Å²) in [6.07, 6.45) is 0.181. The Kier molecular flexibility index (Phi) is 8.59. The number of amides is 1. The third-order valence-electron chi connectivity index (χ3n) is 7.16. The molecule has 0 aliphatic rings. The SMILES string of the molecule is CCN(CC)C(=O)C[C@H](c1ccc(N(C)C)cc1)c1c(OC)cc(OC)c2c(-c3ccccc3)cc(=O)oc12. The standard InChI is InChI=1S/C32H36N2O5/c1-7-34(8-2)28(35)18-24(22-14-16-23(17-15-22)33(3)4)30-26(37-5)20-27(38-6)31-25(19-29(36)39-32(30)31)21-12-10-9-11-13-21/h9-17,19-20,24H,7-8,18H2,1-6H3/t24-/m1/s1. The normalized spacial score (nSPS) is 11.7. The van der Waals surface area contributed by atoms with Gasteiger partial charge in [0.1, 0.15) is 17.1 Å². The van der Waals surface area contributed by atoms with Gasteiger partial charge in [0.25, 0.3) is 0 Å². The van der Waals surface area contributed by atoms with Gasteiger partial charge in [-0.25, -0.2) is 4.79 Å². The molecular formula is C32H36N2O5. The van der Waals surface area contributed by atoms with E-state index in [9.17, 15) is 9.59 Å². The number of hydrogen-bond acceptors (Lipinski definition) is 6. The molecule has 0 spiro atoms. The van der Waals surface area contributed by atoms with E-state index in [1.165, 1.54) is 6.07 Å². The minimum Gasteiger partial charge on any atom is -0.496 e. The molecule has 0 aliphatic heterocycles. The van der Waals surface area contributed by atoms with Gasteiger partial charge in [0.15, 0.2) is 0 Å². The molecule has 0 unspecified atom stereocenters. The van der Waals surface area contributed by atoms with Gasteiger partial charge in [-0.05, 0) is 37.1 Å². The number of nitrogens with zero attached hydrogens (tertiary/aromatic N) is 2. The topological polar surface area (TPSA) is 72.2 Å². The molecule has 1 amide bonds. The van der Waals surface area contributed by atoms with Gasteiger partial charge >= 0.3 is 5.63 Å². The van der Waals surface area contributed by atoms with E-state index in [4.69, 9.17) is 13.9 Å². The number of benzene rings is 3. The van der Waals surface area contributed by atoms with Crippen LogP contribution in [0.5, 0.6) is 11.5 Å². The maximum absolute atomic E-state index is 13.5. The van der Waals surface area contributed by atoms with Gasteiger partial charge in [0.2, 0.25) is 5.91 Å². The van der Waals surface area contributed by atoms with Gasteiger partial charge in [-0.2, -0.15) is 0 Å². The summed E-state index contributed by atoms with van der Waals surface area (Å²) in [5.74, 6) is 0.577. The largest absolute Gasteiger partial charge is 0.496 e. The van der Waals surface area contributed by atoms with E-state index in [-0.39, 0.29) is 12.3 Å². The van der Waals surface area contributed by atoms with E-state index in [0.29, 0.717) is 46.7 Å². The van der Waals surface area contributed by atoms with Crippen LogP contribution in [0.2, 0.25) is 0 Å². The zero-order valence-electron chi connectivity index (χ0n) is 23.5. The van der Waals surface area contributed by atoms with E-state index in [1.54, 1.807) is 14.2 Å². The van der Waals surface area contributed by atoms with Gasteiger partial charge in [0, 0.05) is 68.5 Å². The van der Waals surface area contributed by atoms with Crippen molar-refractivity contribution in [3.63, 3.8) is 0 Å². The Bertz CT molecular complexity index is 1490. The summed E-state index contributed by atoms with van der Waals surface area (Å²) in [5, 5.41) is 0.657. The smallest absolute Gasteiger partial charge is 0.336 e. The maximum Gasteiger partial charge on any atom is 0.336 e. The molecule has 1 atom stereocenters. The molecule has 204 valence electrons. The maximum atomic E-state index is 13.5. The van der Waals surface area contributed by atoms with E-state index < -0.39 is 11.5 Å². The summed E-state index contributed by atoms with van der Waals surface area (Å²) in [7, 11) is 7.11. The van der Waals surface area contributed by atoms with Gasteiger partial charge in [-0.1, -0.05) is 42.5 Å². The minimum absolute atomic E-state index is 0.00858. The predicted octanol–water partition coefficient (Wildman–Crippen LogP) is 5.93. The molecule has 0 radical (unpaired) electrons. The van der Waals surface area contributed by atoms with E-state index >= 15 is 0 Å². The number of fused-ring (bicyclic) bond motifs is 1. The highest BCUT2D eigenvalue weighted by Gasteiger charge is 2.30. The molecule has 0 bridgehead atoms. The van der Waals surface area contributed by atoms with E-state index in [2.05, 4.69) is 0 Å². The number of ether oxygens (including phenoxy) is 2. The Hall–Kier alpha value is -4.26. The van der Waals surface area contributed by atoms with Crippen LogP contribution in [0, 0.1) is 0 Å². The van der Waals surface area contributed by atoms with Crippen LogP contribution in [-0.4, -0.2) is 52.2 Å². The minimum atomic E-state index is -0.491. The molecule has 0 saturated heterocycles. The van der Waals surface area contributed by atoms with Crippen LogP contribution >= 0.6 is 0 Å². The zero-order chi connectivity index (χ0) is 28.1. The highest BCUT2D eigenvalue weighted by molar-refractivity contribution is 6.01. The lowest BCUT2D eigenvalue weighted by Crippen LogP contribution is -2.31. The summed E-state index contributed by atoms with van der Waals surface area (Å²) >= 11 is 0. The highest BCUT2D eigenvalue weighted by atomic mass is 16.5. The first-order chi connectivity index (χ1) is 18.8. The summed E-state index contributed by atoms with van der Waals surface area (Å²) in [6.45, 7) is 5.15. The summed E-state index contributed by atoms with van der Waals surface area (Å²) in [5.41, 5.74) is 4.01. The molecule has 4 rings (SSSR count). The molecule has 0 saturated carbocycles. The second-order valence-corrected chi connectivity index (χ2v) is 9.55. The second-order valence-electron chi connectivity index (χ2n) is 9.55. The monoisotopic (exact) mass is 528 g/mol. The molecular weight excluding hydrogens is 492 g/mol. The van der Waals surface area contributed by atoms with Crippen molar-refractivity contribution < 1.29 is 18.7 Å². The van der Waals surface area contributed by atoms with Crippen molar-refractivity contribution in [3.05, 3.63) is 88.3 Å². The van der Waals surface area contributed by atoms with Crippen molar-refractivity contribution in [1.29, 1.82) is 0 Å². The fourth-order valence-corrected chi connectivity index (χ4v) is 5.09. The van der Waals surface area contributed by atoms with Crippen molar-refractivity contribution >= 4 is 22.6 Å². The number of hydrogen-bond donors (Lipinski definition) is 0. The van der Waals surface area contributed by atoms with Crippen molar-refractivity contribution in [2.45, 2.75) is 26.2 Å². The van der Waals surface area contributed by atoms with Crippen molar-refractivity contribution in [2.75, 3.05) is 46.3 Å². The molecule has 0 N–H and O–H groups in total. The molecule has 7 nitrogen and oxygen atoms in total. The first-order valence-electron chi connectivity index (χ1n) is 13.2. The average Bonchev–Trinajstić information content (AvgIpc) is 2.95. The summed E-state index contributed by atoms with van der Waals surface area (Å²) < 4.78 is 17.6. The van der Waals surface area contributed by atoms with Gasteiger partial charge in [-0.15, -0.1) is 0 Å². The molecule has 1 heterocycles. The number of methoxy groups -OCH3 is 2. The van der Waals surface area contributed by atoms with Crippen molar-refractivity contribution in [2.24, 2.45) is 0 Å². The first-order valence-corrected chi connectivity index (χ1v) is 13.2. The Labute approximate surface area is 229 Å². The Morgan fingerprint density at radius 1 is 0.897 bits per heavy atom. The molecule has 0 fully saturated rings. The lowest BCUT2D eigenvalue weighted by Gasteiger charge is -2.26. The van der Waals surface area contributed by atoms with E-state index in [0.717, 1.165) is 16.8 Å². The van der Waals surface area contributed by atoms with Crippen LogP contribution in [0.3, 0.4) is 0 Å². The summed E-state index contributed by atoms with van der Waals surface area (Å²) in [4.78, 5) is 30.3. The van der Waals surface area contributed by atoms with Crippen LogP contribution in [0.1, 0.15) is 37.3 Å². The Morgan fingerprint density at radius 2 is 1.54 bits per heavy atom. The van der Waals surface area contributed by atoms with Crippen molar-refractivity contribution in [1.82, 2.24) is 4.90 Å². The van der Waals surface area contributed by atoms with Crippen LogP contribution in [0.15, 0.2) is 75.9 Å². The number of carbonyl (C=O) groups excluding carboxylic acids is 1. The van der Waals surface area contributed by atoms with Gasteiger partial charge in [-0.3, -0.25) is 4.79 Å². The number of rotatable bonds is 10. The fourth-order valence-electron chi connectivity index (χ4n) is 5.09. The molecule has 4 aromatic rings. The molecule has 3 aromatic carbocycles. The lowest BCUT2D eigenvalue weighted by atomic mass is 9.85. The third kappa shape index (κ3) is 5.62. The van der Waals surface area contributed by atoms with Crippen molar-refractivity contribution in [3.8, 4) is 22.6 Å². The average molecular weight is 529 g/mol. The molecule has 7 heteroatoms. The number of anilines is 1. The third-order valence-corrected chi connectivity index (χ3v) is 7.16.